The molecule has 0 amide bonds. The van der Waals surface area contributed by atoms with Crippen LogP contribution in [0.25, 0.3) is 0 Å². The first kappa shape index (κ1) is 20.4. The Hall–Kier alpha value is -2.38. The molecule has 1 aliphatic heterocycles. The van der Waals surface area contributed by atoms with Crippen molar-refractivity contribution in [3.05, 3.63) is 65.2 Å². The SMILES string of the molecule is COC(=O)c1ccc(CS(=O)(=O)NCc2ccc(N3CCCCC3)cc2)cc1. The summed E-state index contributed by atoms with van der Waals surface area (Å²) in [6.45, 7) is 2.42. The molecule has 0 aromatic heterocycles. The van der Waals surface area contributed by atoms with Crippen LogP contribution in [0.5, 0.6) is 0 Å². The number of benzene rings is 2. The highest BCUT2D eigenvalue weighted by Crippen LogP contribution is 2.20. The lowest BCUT2D eigenvalue weighted by molar-refractivity contribution is 0.0600. The van der Waals surface area contributed by atoms with Crippen molar-refractivity contribution in [1.29, 1.82) is 0 Å². The summed E-state index contributed by atoms with van der Waals surface area (Å²) in [4.78, 5) is 13.8. The van der Waals surface area contributed by atoms with Gasteiger partial charge in [0.25, 0.3) is 0 Å². The van der Waals surface area contributed by atoms with Crippen molar-refractivity contribution < 1.29 is 17.9 Å². The fourth-order valence-corrected chi connectivity index (χ4v) is 4.42. The molecule has 2 aromatic rings. The zero-order chi connectivity index (χ0) is 20.0. The maximum Gasteiger partial charge on any atom is 0.337 e. The highest BCUT2D eigenvalue weighted by Gasteiger charge is 2.14. The van der Waals surface area contributed by atoms with E-state index in [1.807, 2.05) is 12.1 Å². The maximum absolute atomic E-state index is 12.4. The summed E-state index contributed by atoms with van der Waals surface area (Å²) in [5.74, 6) is -0.583. The van der Waals surface area contributed by atoms with Crippen LogP contribution in [0.15, 0.2) is 48.5 Å². The zero-order valence-corrected chi connectivity index (χ0v) is 16.9. The standard InChI is InChI=1S/C21H26N2O4S/c1-27-21(24)19-9-5-18(6-10-19)16-28(25,26)22-15-17-7-11-20(12-8-17)23-13-3-2-4-14-23/h5-12,22H,2-4,13-16H2,1H3. The van der Waals surface area contributed by atoms with Gasteiger partial charge in [0.1, 0.15) is 0 Å². The minimum atomic E-state index is -3.48. The van der Waals surface area contributed by atoms with Crippen molar-refractivity contribution >= 4 is 21.7 Å². The van der Waals surface area contributed by atoms with Gasteiger partial charge in [-0.05, 0) is 54.7 Å². The Balaban J connectivity index is 1.55. The predicted octanol–water partition coefficient (Wildman–Crippen LogP) is 3.08. The number of hydrogen-bond donors (Lipinski definition) is 1. The third-order valence-electron chi connectivity index (χ3n) is 4.89. The number of carbonyl (C=O) groups is 1. The first-order valence-electron chi connectivity index (χ1n) is 9.45. The zero-order valence-electron chi connectivity index (χ0n) is 16.1. The average Bonchev–Trinajstić information content (AvgIpc) is 2.73. The molecule has 0 saturated carbocycles. The summed E-state index contributed by atoms with van der Waals surface area (Å²) in [6, 6.07) is 14.4. The van der Waals surface area contributed by atoms with Crippen molar-refractivity contribution in [3.8, 4) is 0 Å². The monoisotopic (exact) mass is 402 g/mol. The molecule has 0 atom stereocenters. The molecule has 1 heterocycles. The molecule has 1 saturated heterocycles. The normalized spacial score (nSPS) is 14.7. The van der Waals surface area contributed by atoms with Gasteiger partial charge < -0.3 is 9.64 Å². The molecule has 6 nitrogen and oxygen atoms in total. The summed E-state index contributed by atoms with van der Waals surface area (Å²) in [6.07, 6.45) is 3.74. The molecular weight excluding hydrogens is 376 g/mol. The number of methoxy groups -OCH3 is 1. The van der Waals surface area contributed by atoms with Gasteiger partial charge in [-0.15, -0.1) is 0 Å². The van der Waals surface area contributed by atoms with Gasteiger partial charge in [0, 0.05) is 25.3 Å². The van der Waals surface area contributed by atoms with E-state index >= 15 is 0 Å². The number of ether oxygens (including phenoxy) is 1. The molecular formula is C21H26N2O4S. The minimum Gasteiger partial charge on any atom is -0.465 e. The van der Waals surface area contributed by atoms with E-state index in [0.717, 1.165) is 18.7 Å². The largest absolute Gasteiger partial charge is 0.465 e. The first-order valence-corrected chi connectivity index (χ1v) is 11.1. The van der Waals surface area contributed by atoms with E-state index in [9.17, 15) is 13.2 Å². The van der Waals surface area contributed by atoms with E-state index in [1.54, 1.807) is 24.3 Å². The van der Waals surface area contributed by atoms with Crippen molar-refractivity contribution in [3.63, 3.8) is 0 Å². The summed E-state index contributed by atoms with van der Waals surface area (Å²) in [5.41, 5.74) is 3.12. The smallest absolute Gasteiger partial charge is 0.337 e. The highest BCUT2D eigenvalue weighted by atomic mass is 32.2. The fourth-order valence-electron chi connectivity index (χ4n) is 3.30. The number of nitrogens with one attached hydrogen (secondary N) is 1. The highest BCUT2D eigenvalue weighted by molar-refractivity contribution is 7.88. The third-order valence-corrected chi connectivity index (χ3v) is 6.18. The molecule has 28 heavy (non-hydrogen) atoms. The van der Waals surface area contributed by atoms with E-state index in [2.05, 4.69) is 26.5 Å². The summed E-state index contributed by atoms with van der Waals surface area (Å²) in [7, 11) is -2.17. The summed E-state index contributed by atoms with van der Waals surface area (Å²) >= 11 is 0. The molecule has 1 fully saturated rings. The van der Waals surface area contributed by atoms with Crippen molar-refractivity contribution in [2.24, 2.45) is 0 Å². The number of esters is 1. The minimum absolute atomic E-state index is 0.139. The maximum atomic E-state index is 12.4. The quantitative estimate of drug-likeness (QED) is 0.721. The fraction of sp³-hybridized carbons (Fsp3) is 0.381. The Labute approximate surface area is 166 Å². The van der Waals surface area contributed by atoms with Crippen LogP contribution in [-0.2, 0) is 27.1 Å². The van der Waals surface area contributed by atoms with Gasteiger partial charge in [-0.3, -0.25) is 0 Å². The van der Waals surface area contributed by atoms with E-state index in [1.165, 1.54) is 32.1 Å². The Bertz CT molecular complexity index is 887. The van der Waals surface area contributed by atoms with Crippen LogP contribution < -0.4 is 9.62 Å². The molecule has 1 aliphatic rings. The van der Waals surface area contributed by atoms with E-state index < -0.39 is 16.0 Å². The van der Waals surface area contributed by atoms with Gasteiger partial charge in [0.15, 0.2) is 0 Å². The van der Waals surface area contributed by atoms with Gasteiger partial charge in [-0.25, -0.2) is 17.9 Å². The number of rotatable bonds is 7. The van der Waals surface area contributed by atoms with Crippen LogP contribution in [0, 0.1) is 0 Å². The second-order valence-electron chi connectivity index (χ2n) is 6.98. The second-order valence-corrected chi connectivity index (χ2v) is 8.79. The number of sulfonamides is 1. The summed E-state index contributed by atoms with van der Waals surface area (Å²) < 4.78 is 32.0. The van der Waals surface area contributed by atoms with Gasteiger partial charge in [-0.2, -0.15) is 0 Å². The molecule has 0 spiro atoms. The van der Waals surface area contributed by atoms with Gasteiger partial charge >= 0.3 is 5.97 Å². The number of anilines is 1. The van der Waals surface area contributed by atoms with Crippen LogP contribution in [-0.4, -0.2) is 34.6 Å². The van der Waals surface area contributed by atoms with Gasteiger partial charge in [0.05, 0.1) is 18.4 Å². The van der Waals surface area contributed by atoms with Gasteiger partial charge in [0.2, 0.25) is 10.0 Å². The predicted molar refractivity (Wildman–Crippen MR) is 110 cm³/mol. The third kappa shape index (κ3) is 5.56. The molecule has 0 aliphatic carbocycles. The number of carbonyl (C=O) groups excluding carboxylic acids is 1. The van der Waals surface area contributed by atoms with E-state index in [-0.39, 0.29) is 12.3 Å². The molecule has 3 rings (SSSR count). The van der Waals surface area contributed by atoms with E-state index in [0.29, 0.717) is 11.1 Å². The van der Waals surface area contributed by atoms with Crippen molar-refractivity contribution in [2.75, 3.05) is 25.1 Å². The van der Waals surface area contributed by atoms with Crippen LogP contribution in [0.4, 0.5) is 5.69 Å². The second kappa shape index (κ2) is 9.21. The van der Waals surface area contributed by atoms with Crippen LogP contribution in [0.2, 0.25) is 0 Å². The van der Waals surface area contributed by atoms with Crippen LogP contribution >= 0.6 is 0 Å². The lowest BCUT2D eigenvalue weighted by Crippen LogP contribution is -2.29. The van der Waals surface area contributed by atoms with Crippen LogP contribution in [0.1, 0.15) is 40.7 Å². The lowest BCUT2D eigenvalue weighted by Gasteiger charge is -2.28. The molecule has 0 bridgehead atoms. The number of piperidine rings is 1. The topological polar surface area (TPSA) is 75.7 Å². The molecule has 0 radical (unpaired) electrons. The average molecular weight is 403 g/mol. The van der Waals surface area contributed by atoms with Crippen LogP contribution in [0.3, 0.4) is 0 Å². The Morgan fingerprint density at radius 3 is 2.18 bits per heavy atom. The van der Waals surface area contributed by atoms with Crippen molar-refractivity contribution in [2.45, 2.75) is 31.6 Å². The molecule has 150 valence electrons. The Morgan fingerprint density at radius 1 is 0.964 bits per heavy atom. The molecule has 0 unspecified atom stereocenters. The summed E-state index contributed by atoms with van der Waals surface area (Å²) in [5, 5.41) is 0. The van der Waals surface area contributed by atoms with Gasteiger partial charge in [-0.1, -0.05) is 24.3 Å². The first-order chi connectivity index (χ1) is 13.5. The lowest BCUT2D eigenvalue weighted by atomic mass is 10.1. The molecule has 1 N–H and O–H groups in total. The molecule has 2 aromatic carbocycles. The van der Waals surface area contributed by atoms with Crippen molar-refractivity contribution in [1.82, 2.24) is 4.72 Å². The number of hydrogen-bond acceptors (Lipinski definition) is 5. The Kier molecular flexibility index (Phi) is 6.70. The number of nitrogens with zero attached hydrogens (tertiary/aromatic N) is 1. The molecule has 7 heteroatoms. The van der Waals surface area contributed by atoms with E-state index in [4.69, 9.17) is 0 Å². The Morgan fingerprint density at radius 2 is 1.57 bits per heavy atom.